The van der Waals surface area contributed by atoms with Crippen molar-refractivity contribution in [1.82, 2.24) is 9.29 Å². The normalized spacial score (nSPS) is 11.7. The molecule has 0 N–H and O–H groups in total. The molecule has 0 spiro atoms. The molecular weight excluding hydrogens is 348 g/mol. The van der Waals surface area contributed by atoms with Crippen molar-refractivity contribution in [3.8, 4) is 0 Å². The molecule has 1 heterocycles. The Kier molecular flexibility index (Phi) is 6.09. The van der Waals surface area contributed by atoms with Gasteiger partial charge in [0.1, 0.15) is 6.61 Å². The Balaban J connectivity index is 2.16. The van der Waals surface area contributed by atoms with Crippen LogP contribution in [-0.4, -0.2) is 36.8 Å². The van der Waals surface area contributed by atoms with Gasteiger partial charge in [0.2, 0.25) is 10.0 Å². The topological polar surface area (TPSA) is 76.6 Å². The highest BCUT2D eigenvalue weighted by atomic mass is 32.2. The second kappa shape index (κ2) is 7.87. The lowest BCUT2D eigenvalue weighted by atomic mass is 10.2. The molecule has 0 amide bonds. The Hall–Kier alpha value is -1.77. The number of carbonyl (C=O) groups is 1. The Bertz CT molecular complexity index is 811. The highest BCUT2D eigenvalue weighted by Crippen LogP contribution is 2.18. The number of rotatable bonds is 7. The largest absolute Gasteiger partial charge is 0.456 e. The highest BCUT2D eigenvalue weighted by Gasteiger charge is 2.22. The summed E-state index contributed by atoms with van der Waals surface area (Å²) in [5.74, 6) is -0.572. The van der Waals surface area contributed by atoms with Crippen LogP contribution < -0.4 is 0 Å². The monoisotopic (exact) mass is 368 g/mol. The Morgan fingerprint density at radius 2 is 2.00 bits per heavy atom. The summed E-state index contributed by atoms with van der Waals surface area (Å²) < 4.78 is 31.6. The zero-order valence-corrected chi connectivity index (χ0v) is 15.5. The minimum Gasteiger partial charge on any atom is -0.456 e. The quantitative estimate of drug-likeness (QED) is 0.703. The third kappa shape index (κ3) is 4.19. The molecule has 0 aliphatic carbocycles. The number of nitrogens with zero attached hydrogens (tertiary/aromatic N) is 2. The molecule has 0 saturated heterocycles. The molecular formula is C16H20N2O4S2. The Labute approximate surface area is 146 Å². The third-order valence-corrected chi connectivity index (χ3v) is 6.30. The number of hydrogen-bond donors (Lipinski definition) is 0. The summed E-state index contributed by atoms with van der Waals surface area (Å²) >= 11 is 1.48. The summed E-state index contributed by atoms with van der Waals surface area (Å²) in [4.78, 5) is 16.5. The number of hydrogen-bond acceptors (Lipinski definition) is 6. The van der Waals surface area contributed by atoms with Crippen LogP contribution in [0, 0.1) is 6.92 Å². The molecule has 0 radical (unpaired) electrons. The molecule has 0 aliphatic heterocycles. The number of aryl methyl sites for hydroxylation is 1. The molecule has 1 aromatic heterocycles. The molecule has 2 aromatic rings. The van der Waals surface area contributed by atoms with Gasteiger partial charge in [-0.3, -0.25) is 0 Å². The lowest BCUT2D eigenvalue weighted by Gasteiger charge is -2.18. The maximum absolute atomic E-state index is 12.5. The third-order valence-electron chi connectivity index (χ3n) is 3.43. The van der Waals surface area contributed by atoms with Gasteiger partial charge in [0.25, 0.3) is 0 Å². The van der Waals surface area contributed by atoms with Crippen LogP contribution in [0.1, 0.15) is 34.9 Å². The first-order valence-electron chi connectivity index (χ1n) is 7.56. The average molecular weight is 368 g/mol. The van der Waals surface area contributed by atoms with Gasteiger partial charge in [0.15, 0.2) is 0 Å². The smallest absolute Gasteiger partial charge is 0.338 e. The number of carbonyl (C=O) groups excluding carboxylic acids is 1. The van der Waals surface area contributed by atoms with Crippen LogP contribution >= 0.6 is 11.3 Å². The van der Waals surface area contributed by atoms with E-state index in [-0.39, 0.29) is 17.1 Å². The van der Waals surface area contributed by atoms with Gasteiger partial charge in [-0.05, 0) is 25.1 Å². The van der Waals surface area contributed by atoms with Gasteiger partial charge in [-0.25, -0.2) is 18.2 Å². The van der Waals surface area contributed by atoms with E-state index in [1.165, 1.54) is 33.8 Å². The van der Waals surface area contributed by atoms with Crippen LogP contribution in [0.5, 0.6) is 0 Å². The summed E-state index contributed by atoms with van der Waals surface area (Å²) in [5, 5.41) is 2.72. The zero-order valence-electron chi connectivity index (χ0n) is 13.9. The number of esters is 1. The van der Waals surface area contributed by atoms with Crippen molar-refractivity contribution >= 4 is 27.3 Å². The van der Waals surface area contributed by atoms with E-state index in [4.69, 9.17) is 4.74 Å². The van der Waals surface area contributed by atoms with E-state index in [1.807, 2.05) is 12.3 Å². The Morgan fingerprint density at radius 1 is 1.29 bits per heavy atom. The molecule has 8 heteroatoms. The second-order valence-electron chi connectivity index (χ2n) is 5.05. The lowest BCUT2D eigenvalue weighted by Crippen LogP contribution is -2.30. The first-order valence-corrected chi connectivity index (χ1v) is 9.88. The first-order chi connectivity index (χ1) is 11.4. The zero-order chi connectivity index (χ0) is 17.7. The Morgan fingerprint density at radius 3 is 2.58 bits per heavy atom. The van der Waals surface area contributed by atoms with Gasteiger partial charge in [-0.15, -0.1) is 11.3 Å². The van der Waals surface area contributed by atoms with Crippen LogP contribution in [0.15, 0.2) is 34.5 Å². The van der Waals surface area contributed by atoms with E-state index < -0.39 is 16.0 Å². The fourth-order valence-electron chi connectivity index (χ4n) is 2.19. The summed E-state index contributed by atoms with van der Waals surface area (Å²) in [6.07, 6.45) is 0. The molecule has 6 nitrogen and oxygen atoms in total. The summed E-state index contributed by atoms with van der Waals surface area (Å²) in [6, 6.07) is 5.91. The van der Waals surface area contributed by atoms with Crippen LogP contribution in [0.4, 0.5) is 0 Å². The number of ether oxygens (including phenoxy) is 1. The predicted octanol–water partition coefficient (Wildman–Crippen LogP) is 2.84. The van der Waals surface area contributed by atoms with Crippen LogP contribution in [0.2, 0.25) is 0 Å². The van der Waals surface area contributed by atoms with Gasteiger partial charge in [-0.2, -0.15) is 4.31 Å². The molecule has 130 valence electrons. The summed E-state index contributed by atoms with van der Waals surface area (Å²) in [7, 11) is -3.61. The van der Waals surface area contributed by atoms with Gasteiger partial charge in [0, 0.05) is 18.5 Å². The van der Waals surface area contributed by atoms with Crippen molar-refractivity contribution in [2.24, 2.45) is 0 Å². The SMILES string of the molecule is CCN(CC)S(=O)(=O)c1cccc(C(=O)OCc2csc(C)n2)c1. The molecule has 0 fully saturated rings. The van der Waals surface area contributed by atoms with Crippen LogP contribution in [0.3, 0.4) is 0 Å². The van der Waals surface area contributed by atoms with E-state index in [1.54, 1.807) is 19.9 Å². The van der Waals surface area contributed by atoms with Gasteiger partial charge < -0.3 is 4.74 Å². The van der Waals surface area contributed by atoms with E-state index in [9.17, 15) is 13.2 Å². The van der Waals surface area contributed by atoms with E-state index in [0.717, 1.165) is 5.01 Å². The molecule has 0 aliphatic rings. The number of benzene rings is 1. The minimum absolute atomic E-state index is 0.0657. The maximum Gasteiger partial charge on any atom is 0.338 e. The fourth-order valence-corrected chi connectivity index (χ4v) is 4.30. The summed E-state index contributed by atoms with van der Waals surface area (Å²) in [5.41, 5.74) is 0.882. The highest BCUT2D eigenvalue weighted by molar-refractivity contribution is 7.89. The minimum atomic E-state index is -3.61. The molecule has 1 aromatic carbocycles. The van der Waals surface area contributed by atoms with Crippen molar-refractivity contribution in [3.05, 3.63) is 45.9 Å². The lowest BCUT2D eigenvalue weighted by molar-refractivity contribution is 0.0468. The molecule has 24 heavy (non-hydrogen) atoms. The van der Waals surface area contributed by atoms with Crippen LogP contribution in [-0.2, 0) is 21.4 Å². The van der Waals surface area contributed by atoms with E-state index in [0.29, 0.717) is 18.8 Å². The molecule has 2 rings (SSSR count). The molecule has 0 bridgehead atoms. The molecule has 0 saturated carbocycles. The standard InChI is InChI=1S/C16H20N2O4S2/c1-4-18(5-2)24(20,21)15-8-6-7-13(9-15)16(19)22-10-14-11-23-12(3)17-14/h6-9,11H,4-5,10H2,1-3H3. The first kappa shape index (κ1) is 18.6. The maximum atomic E-state index is 12.5. The average Bonchev–Trinajstić information content (AvgIpc) is 2.99. The van der Waals surface area contributed by atoms with Crippen molar-refractivity contribution in [1.29, 1.82) is 0 Å². The van der Waals surface area contributed by atoms with Gasteiger partial charge >= 0.3 is 5.97 Å². The van der Waals surface area contributed by atoms with Crippen molar-refractivity contribution < 1.29 is 17.9 Å². The predicted molar refractivity (Wildman–Crippen MR) is 92.5 cm³/mol. The second-order valence-corrected chi connectivity index (χ2v) is 8.05. The summed E-state index contributed by atoms with van der Waals surface area (Å²) in [6.45, 7) is 6.23. The number of aromatic nitrogens is 1. The fraction of sp³-hybridized carbons (Fsp3) is 0.375. The number of sulfonamides is 1. The molecule has 0 unspecified atom stereocenters. The van der Waals surface area contributed by atoms with Crippen LogP contribution in [0.25, 0.3) is 0 Å². The van der Waals surface area contributed by atoms with E-state index >= 15 is 0 Å². The van der Waals surface area contributed by atoms with Gasteiger partial charge in [-0.1, -0.05) is 19.9 Å². The number of thiazole rings is 1. The van der Waals surface area contributed by atoms with E-state index in [2.05, 4.69) is 4.98 Å². The van der Waals surface area contributed by atoms with Crippen molar-refractivity contribution in [2.45, 2.75) is 32.3 Å². The van der Waals surface area contributed by atoms with Crippen molar-refractivity contribution in [3.63, 3.8) is 0 Å². The van der Waals surface area contributed by atoms with Crippen molar-refractivity contribution in [2.75, 3.05) is 13.1 Å². The van der Waals surface area contributed by atoms with Gasteiger partial charge in [0.05, 0.1) is 21.2 Å². The molecule has 0 atom stereocenters.